The molecule has 25 heavy (non-hydrogen) atoms. The molecule has 0 spiro atoms. The third-order valence-electron chi connectivity index (χ3n) is 3.53. The van der Waals surface area contributed by atoms with Crippen LogP contribution in [-0.4, -0.2) is 31.5 Å². The minimum absolute atomic E-state index is 0.153. The van der Waals surface area contributed by atoms with Crippen LogP contribution >= 0.6 is 0 Å². The Hall–Kier alpha value is -3.02. The van der Waals surface area contributed by atoms with E-state index in [1.807, 2.05) is 6.07 Å². The number of aromatic nitrogens is 2. The smallest absolute Gasteiger partial charge is 0.241 e. The minimum atomic E-state index is -3.67. The molecular weight excluding hydrogens is 338 g/mol. The van der Waals surface area contributed by atoms with Crippen LogP contribution in [0.1, 0.15) is 5.56 Å². The normalized spacial score (nSPS) is 11.2. The fourth-order valence-corrected chi connectivity index (χ4v) is 3.64. The molecule has 0 aliphatic rings. The molecule has 3 aromatic rings. The van der Waals surface area contributed by atoms with Gasteiger partial charge in [0, 0.05) is 30.9 Å². The van der Waals surface area contributed by atoms with Crippen molar-refractivity contribution in [1.29, 1.82) is 5.26 Å². The first kappa shape index (κ1) is 16.8. The zero-order valence-corrected chi connectivity index (χ0v) is 14.0. The van der Waals surface area contributed by atoms with Crippen LogP contribution in [0.15, 0.2) is 59.8 Å². The van der Waals surface area contributed by atoms with Crippen molar-refractivity contribution in [2.75, 3.05) is 18.4 Å². The highest BCUT2D eigenvalue weighted by atomic mass is 32.2. The predicted octanol–water partition coefficient (Wildman–Crippen LogP) is 1.89. The number of hydrogen-bond donors (Lipinski definition) is 2. The van der Waals surface area contributed by atoms with Crippen molar-refractivity contribution in [1.82, 2.24) is 14.7 Å². The Morgan fingerprint density at radius 2 is 1.80 bits per heavy atom. The molecule has 2 aromatic heterocycles. The van der Waals surface area contributed by atoms with Gasteiger partial charge in [-0.2, -0.15) is 5.26 Å². The summed E-state index contributed by atoms with van der Waals surface area (Å²) in [5.41, 5.74) is 1.03. The van der Waals surface area contributed by atoms with E-state index in [2.05, 4.69) is 20.0 Å². The molecule has 0 unspecified atom stereocenters. The second kappa shape index (κ2) is 7.25. The third kappa shape index (κ3) is 3.74. The summed E-state index contributed by atoms with van der Waals surface area (Å²) in [7, 11) is -3.67. The second-order valence-electron chi connectivity index (χ2n) is 5.16. The number of nitrogens with one attached hydrogen (secondary N) is 2. The Balaban J connectivity index is 1.69. The largest absolute Gasteiger partial charge is 0.368 e. The molecule has 0 saturated carbocycles. The van der Waals surface area contributed by atoms with E-state index in [0.29, 0.717) is 28.8 Å². The quantitative estimate of drug-likeness (QED) is 0.655. The van der Waals surface area contributed by atoms with Crippen molar-refractivity contribution >= 4 is 26.7 Å². The number of benzene rings is 1. The monoisotopic (exact) mass is 353 g/mol. The Labute approximate surface area is 145 Å². The maximum Gasteiger partial charge on any atom is 0.241 e. The molecule has 0 atom stereocenters. The Morgan fingerprint density at radius 3 is 2.64 bits per heavy atom. The van der Waals surface area contributed by atoms with Gasteiger partial charge >= 0.3 is 0 Å². The molecule has 0 saturated heterocycles. The summed E-state index contributed by atoms with van der Waals surface area (Å²) in [6, 6.07) is 13.7. The van der Waals surface area contributed by atoms with E-state index in [4.69, 9.17) is 5.26 Å². The first-order valence-electron chi connectivity index (χ1n) is 7.54. The first-order valence-corrected chi connectivity index (χ1v) is 9.02. The highest BCUT2D eigenvalue weighted by Crippen LogP contribution is 2.20. The van der Waals surface area contributed by atoms with Gasteiger partial charge in [-0.05, 0) is 36.4 Å². The molecule has 0 amide bonds. The van der Waals surface area contributed by atoms with Crippen LogP contribution in [0.5, 0.6) is 0 Å². The van der Waals surface area contributed by atoms with Crippen LogP contribution in [0.25, 0.3) is 10.9 Å². The highest BCUT2D eigenvalue weighted by molar-refractivity contribution is 7.89. The van der Waals surface area contributed by atoms with E-state index in [1.54, 1.807) is 54.9 Å². The number of fused-ring (bicyclic) bond motifs is 1. The molecule has 0 aliphatic heterocycles. The van der Waals surface area contributed by atoms with E-state index in [0.717, 1.165) is 0 Å². The fraction of sp³-hybridized carbons (Fsp3) is 0.118. The van der Waals surface area contributed by atoms with Crippen LogP contribution < -0.4 is 10.0 Å². The van der Waals surface area contributed by atoms with Crippen LogP contribution in [-0.2, 0) is 10.0 Å². The summed E-state index contributed by atoms with van der Waals surface area (Å²) in [6.07, 6.45) is 3.19. The summed E-state index contributed by atoms with van der Waals surface area (Å²) in [4.78, 5) is 8.42. The van der Waals surface area contributed by atoms with Crippen LogP contribution in [0.2, 0.25) is 0 Å². The zero-order chi connectivity index (χ0) is 17.7. The Bertz CT molecular complexity index is 1040. The molecule has 126 valence electrons. The summed E-state index contributed by atoms with van der Waals surface area (Å²) in [5, 5.41) is 12.5. The minimum Gasteiger partial charge on any atom is -0.368 e. The van der Waals surface area contributed by atoms with Crippen molar-refractivity contribution in [3.05, 3.63) is 60.4 Å². The Kier molecular flexibility index (Phi) is 4.88. The van der Waals surface area contributed by atoms with Crippen molar-refractivity contribution in [2.24, 2.45) is 0 Å². The van der Waals surface area contributed by atoms with Gasteiger partial charge in [0.15, 0.2) is 0 Å². The fourth-order valence-electron chi connectivity index (χ4n) is 2.39. The molecule has 8 heteroatoms. The third-order valence-corrected chi connectivity index (χ3v) is 5.05. The maximum absolute atomic E-state index is 12.5. The van der Waals surface area contributed by atoms with Gasteiger partial charge in [-0.15, -0.1) is 0 Å². The van der Waals surface area contributed by atoms with E-state index < -0.39 is 10.0 Å². The number of sulfonamides is 1. The summed E-state index contributed by atoms with van der Waals surface area (Å²) < 4.78 is 27.6. The summed E-state index contributed by atoms with van der Waals surface area (Å²) in [5.74, 6) is 0.429. The molecule has 0 bridgehead atoms. The van der Waals surface area contributed by atoms with Gasteiger partial charge in [0.2, 0.25) is 10.0 Å². The van der Waals surface area contributed by atoms with Crippen LogP contribution in [0.3, 0.4) is 0 Å². The molecule has 2 heterocycles. The molecule has 3 rings (SSSR count). The molecule has 0 radical (unpaired) electrons. The molecule has 7 nitrogen and oxygen atoms in total. The number of hydrogen-bond acceptors (Lipinski definition) is 6. The molecular formula is C17H15N5O2S. The van der Waals surface area contributed by atoms with Gasteiger partial charge in [-0.3, -0.25) is 4.98 Å². The van der Waals surface area contributed by atoms with Crippen molar-refractivity contribution < 1.29 is 8.42 Å². The standard InChI is InChI=1S/C17H15N5O2S/c18-12-13-4-2-9-20-17(13)21-10-11-22-25(23,24)16-7-1-6-15-14(16)5-3-8-19-15/h1-9,22H,10-11H2,(H,20,21). The number of rotatable bonds is 6. The van der Waals surface area contributed by atoms with E-state index in [1.165, 1.54) is 0 Å². The van der Waals surface area contributed by atoms with Crippen LogP contribution in [0.4, 0.5) is 5.82 Å². The van der Waals surface area contributed by atoms with E-state index in [-0.39, 0.29) is 11.4 Å². The van der Waals surface area contributed by atoms with Gasteiger partial charge in [0.1, 0.15) is 11.9 Å². The number of pyridine rings is 2. The lowest BCUT2D eigenvalue weighted by atomic mass is 10.2. The van der Waals surface area contributed by atoms with Crippen molar-refractivity contribution in [2.45, 2.75) is 4.90 Å². The number of nitrogens with zero attached hydrogens (tertiary/aromatic N) is 3. The topological polar surface area (TPSA) is 108 Å². The second-order valence-corrected chi connectivity index (χ2v) is 6.90. The van der Waals surface area contributed by atoms with Gasteiger partial charge in [0.05, 0.1) is 16.0 Å². The van der Waals surface area contributed by atoms with Gasteiger partial charge < -0.3 is 5.32 Å². The van der Waals surface area contributed by atoms with Gasteiger partial charge in [-0.1, -0.05) is 6.07 Å². The maximum atomic E-state index is 12.5. The highest BCUT2D eigenvalue weighted by Gasteiger charge is 2.16. The summed E-state index contributed by atoms with van der Waals surface area (Å²) >= 11 is 0. The average Bonchev–Trinajstić information content (AvgIpc) is 2.65. The van der Waals surface area contributed by atoms with Crippen molar-refractivity contribution in [3.8, 4) is 6.07 Å². The molecule has 0 aliphatic carbocycles. The predicted molar refractivity (Wildman–Crippen MR) is 94.4 cm³/mol. The van der Waals surface area contributed by atoms with E-state index in [9.17, 15) is 8.42 Å². The molecule has 2 N–H and O–H groups in total. The first-order chi connectivity index (χ1) is 12.1. The van der Waals surface area contributed by atoms with E-state index >= 15 is 0 Å². The lowest BCUT2D eigenvalue weighted by Gasteiger charge is -2.10. The summed E-state index contributed by atoms with van der Waals surface area (Å²) in [6.45, 7) is 0.453. The molecule has 0 fully saturated rings. The Morgan fingerprint density at radius 1 is 1.00 bits per heavy atom. The zero-order valence-electron chi connectivity index (χ0n) is 13.2. The van der Waals surface area contributed by atoms with Gasteiger partial charge in [-0.25, -0.2) is 18.1 Å². The molecule has 1 aromatic carbocycles. The SMILES string of the molecule is N#Cc1cccnc1NCCNS(=O)(=O)c1cccc2ncccc12. The number of nitriles is 1. The van der Waals surface area contributed by atoms with Crippen molar-refractivity contribution in [3.63, 3.8) is 0 Å². The lowest BCUT2D eigenvalue weighted by molar-refractivity contribution is 0.584. The van der Waals surface area contributed by atoms with Crippen LogP contribution in [0, 0.1) is 11.3 Å². The lowest BCUT2D eigenvalue weighted by Crippen LogP contribution is -2.29. The van der Waals surface area contributed by atoms with Gasteiger partial charge in [0.25, 0.3) is 0 Å². The number of anilines is 1. The average molecular weight is 353 g/mol.